The number of aromatic nitrogens is 5. The first-order chi connectivity index (χ1) is 15.8. The molecule has 32 heavy (non-hydrogen) atoms. The summed E-state index contributed by atoms with van der Waals surface area (Å²) in [4.78, 5) is 17.3. The fourth-order valence-corrected chi connectivity index (χ4v) is 4.32. The van der Waals surface area contributed by atoms with Gasteiger partial charge in [-0.3, -0.25) is 4.79 Å². The fraction of sp³-hybridized carbons (Fsp3) is 0.0435. The van der Waals surface area contributed by atoms with Gasteiger partial charge in [-0.1, -0.05) is 78.5 Å². The van der Waals surface area contributed by atoms with E-state index in [1.165, 1.54) is 11.8 Å². The van der Waals surface area contributed by atoms with Crippen LogP contribution in [0.25, 0.3) is 33.5 Å². The van der Waals surface area contributed by atoms with Crippen LogP contribution in [-0.4, -0.2) is 35.6 Å². The van der Waals surface area contributed by atoms with Gasteiger partial charge in [-0.15, -0.1) is 10.2 Å². The Kier molecular flexibility index (Phi) is 5.82. The number of carbonyl (C=O) groups is 1. The molecule has 0 saturated heterocycles. The molecule has 1 amide bonds. The average Bonchev–Trinajstić information content (AvgIpc) is 3.34. The third kappa shape index (κ3) is 4.34. The molecule has 5 aromatic rings. The van der Waals surface area contributed by atoms with Crippen molar-refractivity contribution in [2.75, 3.05) is 11.1 Å². The van der Waals surface area contributed by atoms with Crippen molar-refractivity contribution in [1.29, 1.82) is 0 Å². The summed E-state index contributed by atoms with van der Waals surface area (Å²) in [5.74, 6) is -0.0262. The molecule has 0 aliphatic carbocycles. The van der Waals surface area contributed by atoms with E-state index < -0.39 is 0 Å². The predicted molar refractivity (Wildman–Crippen MR) is 127 cm³/mol. The second-order valence-electron chi connectivity index (χ2n) is 6.80. The summed E-state index contributed by atoms with van der Waals surface area (Å²) in [5.41, 5.74) is 5.40. The van der Waals surface area contributed by atoms with Crippen LogP contribution >= 0.6 is 23.5 Å². The predicted octanol–water partition coefficient (Wildman–Crippen LogP) is 4.94. The summed E-state index contributed by atoms with van der Waals surface area (Å²) >= 11 is 2.36. The number of anilines is 1. The van der Waals surface area contributed by atoms with E-state index >= 15 is 0 Å². The molecule has 2 heterocycles. The Morgan fingerprint density at radius 2 is 1.53 bits per heavy atom. The van der Waals surface area contributed by atoms with Crippen molar-refractivity contribution in [2.45, 2.75) is 5.16 Å². The lowest BCUT2D eigenvalue weighted by atomic mass is 10.0. The van der Waals surface area contributed by atoms with E-state index in [4.69, 9.17) is 4.98 Å². The number of hydrogen-bond acceptors (Lipinski definition) is 8. The zero-order chi connectivity index (χ0) is 21.8. The minimum absolute atomic E-state index is 0.147. The number of hydrogen-bond donors (Lipinski definition) is 1. The molecule has 0 fully saturated rings. The Morgan fingerprint density at radius 3 is 2.28 bits per heavy atom. The summed E-state index contributed by atoms with van der Waals surface area (Å²) in [7, 11) is 0. The highest BCUT2D eigenvalue weighted by molar-refractivity contribution is 7.99. The molecule has 156 valence electrons. The van der Waals surface area contributed by atoms with E-state index in [1.807, 2.05) is 78.9 Å². The maximum Gasteiger partial charge on any atom is 0.234 e. The van der Waals surface area contributed by atoms with Gasteiger partial charge in [0.2, 0.25) is 11.1 Å². The minimum atomic E-state index is -0.174. The Morgan fingerprint density at radius 1 is 0.812 bits per heavy atom. The molecule has 5 rings (SSSR count). The topological polar surface area (TPSA) is 93.5 Å². The summed E-state index contributed by atoms with van der Waals surface area (Å²) in [5, 5.41) is 12.0. The number of benzene rings is 3. The van der Waals surface area contributed by atoms with Crippen LogP contribution in [0.3, 0.4) is 0 Å². The third-order valence-electron chi connectivity index (χ3n) is 4.65. The van der Waals surface area contributed by atoms with Crippen molar-refractivity contribution >= 4 is 46.1 Å². The molecule has 7 nitrogen and oxygen atoms in total. The molecule has 0 bridgehead atoms. The quantitative estimate of drug-likeness (QED) is 0.362. The fourth-order valence-electron chi connectivity index (χ4n) is 3.18. The number of nitrogens with one attached hydrogen (secondary N) is 1. The normalized spacial score (nSPS) is 10.9. The molecule has 0 radical (unpaired) electrons. The van der Waals surface area contributed by atoms with E-state index in [0.717, 1.165) is 34.1 Å². The molecule has 0 spiro atoms. The van der Waals surface area contributed by atoms with Crippen molar-refractivity contribution < 1.29 is 4.79 Å². The van der Waals surface area contributed by atoms with Gasteiger partial charge in [0.1, 0.15) is 22.4 Å². The van der Waals surface area contributed by atoms with Gasteiger partial charge in [-0.2, -0.15) is 8.75 Å². The Hall–Kier alpha value is -3.69. The molecule has 2 aromatic heterocycles. The van der Waals surface area contributed by atoms with Crippen LogP contribution in [0.5, 0.6) is 0 Å². The monoisotopic (exact) mass is 456 g/mol. The van der Waals surface area contributed by atoms with Gasteiger partial charge >= 0.3 is 0 Å². The third-order valence-corrected chi connectivity index (χ3v) is 6.03. The standard InChI is InChI=1S/C23H16N6OS2/c30-19(24-17-12-7-13-18-22(17)29-32-28-18)14-31-23-25-20(15-8-3-1-4-9-15)21(26-27-23)16-10-5-2-6-11-16/h1-13H,14H2,(H,24,30). The highest BCUT2D eigenvalue weighted by atomic mass is 32.2. The first-order valence-corrected chi connectivity index (χ1v) is 11.5. The number of thioether (sulfide) groups is 1. The number of fused-ring (bicyclic) bond motifs is 1. The first kappa shape index (κ1) is 20.2. The smallest absolute Gasteiger partial charge is 0.234 e. The molecule has 0 unspecified atom stereocenters. The summed E-state index contributed by atoms with van der Waals surface area (Å²) in [6, 6.07) is 25.2. The molecule has 0 aliphatic rings. The lowest BCUT2D eigenvalue weighted by molar-refractivity contribution is -0.113. The lowest BCUT2D eigenvalue weighted by Gasteiger charge is -2.09. The molecule has 0 saturated carbocycles. The Bertz CT molecular complexity index is 1380. The maximum absolute atomic E-state index is 12.5. The van der Waals surface area contributed by atoms with Crippen molar-refractivity contribution in [1.82, 2.24) is 23.9 Å². The first-order valence-electron chi connectivity index (χ1n) is 9.77. The van der Waals surface area contributed by atoms with Crippen LogP contribution in [0.4, 0.5) is 5.69 Å². The zero-order valence-corrected chi connectivity index (χ0v) is 18.3. The SMILES string of the molecule is O=C(CSc1nnc(-c2ccccc2)c(-c2ccccc2)n1)Nc1cccc2nsnc12. The Balaban J connectivity index is 1.37. The lowest BCUT2D eigenvalue weighted by Crippen LogP contribution is -2.14. The minimum Gasteiger partial charge on any atom is -0.323 e. The maximum atomic E-state index is 12.5. The van der Waals surface area contributed by atoms with E-state index in [9.17, 15) is 4.79 Å². The van der Waals surface area contributed by atoms with Gasteiger partial charge in [0.05, 0.1) is 23.2 Å². The average molecular weight is 457 g/mol. The molecular formula is C23H16N6OS2. The second kappa shape index (κ2) is 9.21. The van der Waals surface area contributed by atoms with Crippen molar-refractivity contribution in [3.63, 3.8) is 0 Å². The van der Waals surface area contributed by atoms with Crippen LogP contribution in [0.1, 0.15) is 0 Å². The highest BCUT2D eigenvalue weighted by Gasteiger charge is 2.15. The van der Waals surface area contributed by atoms with Gasteiger partial charge in [-0.05, 0) is 12.1 Å². The van der Waals surface area contributed by atoms with Crippen molar-refractivity contribution in [3.05, 3.63) is 78.9 Å². The molecule has 1 N–H and O–H groups in total. The molecule has 3 aromatic carbocycles. The van der Waals surface area contributed by atoms with Crippen LogP contribution in [0.15, 0.2) is 84.0 Å². The number of carbonyl (C=O) groups excluding carboxylic acids is 1. The van der Waals surface area contributed by atoms with Gasteiger partial charge in [0, 0.05) is 11.1 Å². The number of nitrogens with zero attached hydrogens (tertiary/aromatic N) is 5. The van der Waals surface area contributed by atoms with Gasteiger partial charge in [-0.25, -0.2) is 4.98 Å². The number of rotatable bonds is 6. The molecule has 9 heteroatoms. The molecule has 0 aliphatic heterocycles. The van der Waals surface area contributed by atoms with E-state index in [2.05, 4.69) is 24.3 Å². The molecule has 0 atom stereocenters. The van der Waals surface area contributed by atoms with Crippen LogP contribution in [0.2, 0.25) is 0 Å². The van der Waals surface area contributed by atoms with E-state index in [1.54, 1.807) is 0 Å². The van der Waals surface area contributed by atoms with Crippen LogP contribution < -0.4 is 5.32 Å². The zero-order valence-electron chi connectivity index (χ0n) is 16.7. The van der Waals surface area contributed by atoms with Gasteiger partial charge in [0.15, 0.2) is 0 Å². The van der Waals surface area contributed by atoms with Gasteiger partial charge in [0.25, 0.3) is 0 Å². The van der Waals surface area contributed by atoms with Gasteiger partial charge < -0.3 is 5.32 Å². The summed E-state index contributed by atoms with van der Waals surface area (Å²) in [6.07, 6.45) is 0. The van der Waals surface area contributed by atoms with Crippen LogP contribution in [-0.2, 0) is 4.79 Å². The summed E-state index contributed by atoms with van der Waals surface area (Å²) < 4.78 is 8.45. The molecular weight excluding hydrogens is 440 g/mol. The van der Waals surface area contributed by atoms with Crippen LogP contribution in [0, 0.1) is 0 Å². The largest absolute Gasteiger partial charge is 0.323 e. The highest BCUT2D eigenvalue weighted by Crippen LogP contribution is 2.29. The summed E-state index contributed by atoms with van der Waals surface area (Å²) in [6.45, 7) is 0. The number of amides is 1. The van der Waals surface area contributed by atoms with E-state index in [0.29, 0.717) is 22.1 Å². The van der Waals surface area contributed by atoms with Crippen molar-refractivity contribution in [3.8, 4) is 22.5 Å². The Labute approximate surface area is 192 Å². The second-order valence-corrected chi connectivity index (χ2v) is 8.27. The van der Waals surface area contributed by atoms with Crippen molar-refractivity contribution in [2.24, 2.45) is 0 Å². The van der Waals surface area contributed by atoms with E-state index in [-0.39, 0.29) is 11.7 Å².